The van der Waals surface area contributed by atoms with Crippen molar-refractivity contribution in [3.63, 3.8) is 0 Å². The van der Waals surface area contributed by atoms with Crippen molar-refractivity contribution in [3.8, 4) is 0 Å². The molecule has 1 rings (SSSR count). The molecule has 0 N–H and O–H groups in total. The van der Waals surface area contributed by atoms with Crippen LogP contribution in [0.3, 0.4) is 0 Å². The van der Waals surface area contributed by atoms with E-state index in [-0.39, 0.29) is 19.5 Å². The van der Waals surface area contributed by atoms with Gasteiger partial charge in [-0.1, -0.05) is 24.6 Å². The van der Waals surface area contributed by atoms with E-state index >= 15 is 0 Å². The van der Waals surface area contributed by atoms with E-state index < -0.39 is 0 Å². The maximum absolute atomic E-state index is 2.21. The summed E-state index contributed by atoms with van der Waals surface area (Å²) in [5.74, 6) is 0. The Kier molecular flexibility index (Phi) is 6.80. The van der Waals surface area contributed by atoms with E-state index in [4.69, 9.17) is 0 Å². The first-order valence-electron chi connectivity index (χ1n) is 3.93. The van der Waals surface area contributed by atoms with Gasteiger partial charge < -0.3 is 0 Å². The van der Waals surface area contributed by atoms with Gasteiger partial charge in [0.25, 0.3) is 0 Å². The van der Waals surface area contributed by atoms with Crippen LogP contribution in [0.4, 0.5) is 0 Å². The number of hydrogen-bond donors (Lipinski definition) is 0. The second kappa shape index (κ2) is 7.12. The van der Waals surface area contributed by atoms with E-state index in [1.54, 1.807) is 0 Å². The Hall–Kier alpha value is -0.547. The van der Waals surface area contributed by atoms with E-state index in [2.05, 4.69) is 42.8 Å². The van der Waals surface area contributed by atoms with Gasteiger partial charge in [-0.15, -0.1) is 12.1 Å². The van der Waals surface area contributed by atoms with Crippen molar-refractivity contribution in [1.82, 2.24) is 0 Å². The predicted octanol–water partition coefficient (Wildman–Crippen LogP) is 3.20. The van der Waals surface area contributed by atoms with Crippen LogP contribution in [0.1, 0.15) is 18.9 Å². The van der Waals surface area contributed by atoms with Crippen LogP contribution in [0.5, 0.6) is 0 Å². The number of allylic oxidation sites excluding steroid dienone is 2. The Bertz CT molecular complexity index is 214. The second-order valence-corrected chi connectivity index (χ2v) is 2.42. The summed E-state index contributed by atoms with van der Waals surface area (Å²) in [4.78, 5) is 0. The Labute approximate surface area is 87.4 Å². The van der Waals surface area contributed by atoms with E-state index in [0.29, 0.717) is 0 Å². The molecule has 0 bridgehead atoms. The molecular formula is C11H13Rh-. The van der Waals surface area contributed by atoms with Gasteiger partial charge in [0.05, 0.1) is 0 Å². The molecule has 1 aromatic carbocycles. The van der Waals surface area contributed by atoms with Crippen molar-refractivity contribution >= 4 is 0 Å². The molecule has 0 aliphatic carbocycles. The van der Waals surface area contributed by atoms with Crippen molar-refractivity contribution in [2.24, 2.45) is 0 Å². The number of benzene rings is 1. The Morgan fingerprint density at radius 1 is 1.25 bits per heavy atom. The zero-order valence-electron chi connectivity index (χ0n) is 7.16. The standard InChI is InChI=1S/C11H13.Rh/c1-2-3-5-8-11-9-6-4-7-10-11;/h2-4,6-10H,5H2,1H3;/q-1;/b3-2+;. The Morgan fingerprint density at radius 2 is 1.92 bits per heavy atom. The van der Waals surface area contributed by atoms with E-state index in [0.717, 1.165) is 6.42 Å². The van der Waals surface area contributed by atoms with Crippen LogP contribution in [-0.2, 0) is 19.5 Å². The third kappa shape index (κ3) is 4.36. The molecule has 0 heterocycles. The molecule has 0 saturated carbocycles. The third-order valence-electron chi connectivity index (χ3n) is 1.52. The summed E-state index contributed by atoms with van der Waals surface area (Å²) in [5, 5.41) is 0. The minimum atomic E-state index is 0. The van der Waals surface area contributed by atoms with Crippen LogP contribution < -0.4 is 0 Å². The maximum Gasteiger partial charge on any atom is 0 e. The van der Waals surface area contributed by atoms with Gasteiger partial charge in [0.2, 0.25) is 0 Å². The molecule has 12 heavy (non-hydrogen) atoms. The number of rotatable bonds is 3. The monoisotopic (exact) mass is 248 g/mol. The largest absolute Gasteiger partial charge is 0.192 e. The summed E-state index contributed by atoms with van der Waals surface area (Å²) in [6.07, 6.45) is 7.45. The van der Waals surface area contributed by atoms with Gasteiger partial charge >= 0.3 is 0 Å². The fraction of sp³-hybridized carbons (Fsp3) is 0.182. The molecule has 0 unspecified atom stereocenters. The quantitative estimate of drug-likeness (QED) is 0.437. The molecule has 0 aromatic heterocycles. The van der Waals surface area contributed by atoms with Gasteiger partial charge in [0.15, 0.2) is 0 Å². The zero-order valence-corrected chi connectivity index (χ0v) is 8.80. The van der Waals surface area contributed by atoms with E-state index in [9.17, 15) is 0 Å². The summed E-state index contributed by atoms with van der Waals surface area (Å²) in [6, 6.07) is 10.4. The molecule has 1 heteroatoms. The second-order valence-electron chi connectivity index (χ2n) is 2.42. The van der Waals surface area contributed by atoms with Crippen LogP contribution in [0.25, 0.3) is 0 Å². The Morgan fingerprint density at radius 3 is 2.50 bits per heavy atom. The molecule has 0 spiro atoms. The van der Waals surface area contributed by atoms with Crippen molar-refractivity contribution < 1.29 is 19.5 Å². The molecule has 0 amide bonds. The topological polar surface area (TPSA) is 0 Å². The van der Waals surface area contributed by atoms with Crippen molar-refractivity contribution in [1.29, 1.82) is 0 Å². The summed E-state index contributed by atoms with van der Waals surface area (Å²) in [5.41, 5.74) is 1.30. The molecule has 0 fully saturated rings. The van der Waals surface area contributed by atoms with Gasteiger partial charge in [-0.25, -0.2) is 0 Å². The fourth-order valence-electron chi connectivity index (χ4n) is 0.929. The SMILES string of the molecule is C/C=C/C[CH-]c1ccccc1.[Rh]. The Balaban J connectivity index is 0.00000121. The van der Waals surface area contributed by atoms with Crippen LogP contribution in [0.2, 0.25) is 0 Å². The first-order chi connectivity index (χ1) is 5.43. The maximum atomic E-state index is 2.21. The van der Waals surface area contributed by atoms with Gasteiger partial charge in [-0.3, -0.25) is 0 Å². The molecule has 1 aromatic rings. The molecular weight excluding hydrogens is 235 g/mol. The van der Waals surface area contributed by atoms with Gasteiger partial charge in [-0.05, 0) is 6.92 Å². The minimum Gasteiger partial charge on any atom is -0.192 e. The van der Waals surface area contributed by atoms with Crippen molar-refractivity contribution in [2.75, 3.05) is 0 Å². The molecule has 0 aliphatic rings. The van der Waals surface area contributed by atoms with Crippen molar-refractivity contribution in [2.45, 2.75) is 13.3 Å². The predicted molar refractivity (Wildman–Crippen MR) is 49.3 cm³/mol. The summed E-state index contributed by atoms with van der Waals surface area (Å²) in [6.45, 7) is 2.04. The molecule has 0 aliphatic heterocycles. The number of hydrogen-bond acceptors (Lipinski definition) is 0. The van der Waals surface area contributed by atoms with Gasteiger partial charge in [0, 0.05) is 19.5 Å². The molecule has 67 valence electrons. The minimum absolute atomic E-state index is 0. The van der Waals surface area contributed by atoms with Gasteiger partial charge in [-0.2, -0.15) is 24.1 Å². The smallest absolute Gasteiger partial charge is 0 e. The van der Waals surface area contributed by atoms with Crippen LogP contribution in [0.15, 0.2) is 42.5 Å². The first-order valence-corrected chi connectivity index (χ1v) is 3.93. The normalized spacial score (nSPS) is 9.42. The average molecular weight is 248 g/mol. The summed E-state index contributed by atoms with van der Waals surface area (Å²) >= 11 is 0. The molecule has 0 atom stereocenters. The van der Waals surface area contributed by atoms with Crippen LogP contribution >= 0.6 is 0 Å². The van der Waals surface area contributed by atoms with E-state index in [1.807, 2.05) is 13.0 Å². The van der Waals surface area contributed by atoms with Crippen LogP contribution in [0, 0.1) is 6.42 Å². The van der Waals surface area contributed by atoms with Crippen LogP contribution in [-0.4, -0.2) is 0 Å². The van der Waals surface area contributed by atoms with Gasteiger partial charge in [0.1, 0.15) is 0 Å². The average Bonchev–Trinajstić information content (AvgIpc) is 2.07. The summed E-state index contributed by atoms with van der Waals surface area (Å²) in [7, 11) is 0. The fourth-order valence-corrected chi connectivity index (χ4v) is 0.929. The third-order valence-corrected chi connectivity index (χ3v) is 1.52. The van der Waals surface area contributed by atoms with E-state index in [1.165, 1.54) is 5.56 Å². The summed E-state index contributed by atoms with van der Waals surface area (Å²) < 4.78 is 0. The molecule has 0 nitrogen and oxygen atoms in total. The molecule has 0 saturated heterocycles. The zero-order chi connectivity index (χ0) is 7.94. The molecule has 1 radical (unpaired) electrons. The van der Waals surface area contributed by atoms with Crippen molar-refractivity contribution in [3.05, 3.63) is 54.5 Å². The first kappa shape index (κ1) is 11.5.